The van der Waals surface area contributed by atoms with Crippen molar-refractivity contribution in [2.45, 2.75) is 33.1 Å². The van der Waals surface area contributed by atoms with Gasteiger partial charge in [0, 0.05) is 5.69 Å². The highest BCUT2D eigenvalue weighted by atomic mass is 16.6. The van der Waals surface area contributed by atoms with Crippen LogP contribution in [-0.4, -0.2) is 19.1 Å². The summed E-state index contributed by atoms with van der Waals surface area (Å²) >= 11 is 0. The molecule has 0 unspecified atom stereocenters. The van der Waals surface area contributed by atoms with Gasteiger partial charge >= 0.3 is 0 Å². The Balaban J connectivity index is 1.85. The molecule has 4 heteroatoms. The van der Waals surface area contributed by atoms with E-state index in [1.54, 1.807) is 0 Å². The van der Waals surface area contributed by atoms with Crippen molar-refractivity contribution in [2.24, 2.45) is 0 Å². The summed E-state index contributed by atoms with van der Waals surface area (Å²) in [5, 5.41) is 3.05. The van der Waals surface area contributed by atoms with Crippen LogP contribution in [0.4, 0.5) is 5.69 Å². The summed E-state index contributed by atoms with van der Waals surface area (Å²) in [6.07, 6.45) is 0. The predicted molar refractivity (Wildman–Crippen MR) is 95.0 cm³/mol. The van der Waals surface area contributed by atoms with Gasteiger partial charge in [0.15, 0.2) is 11.5 Å². The summed E-state index contributed by atoms with van der Waals surface area (Å²) in [5.74, 6) is 1.38. The summed E-state index contributed by atoms with van der Waals surface area (Å²) in [4.78, 5) is 12.9. The Hall–Kier alpha value is -2.49. The highest BCUT2D eigenvalue weighted by molar-refractivity contribution is 5.99. The van der Waals surface area contributed by atoms with Crippen LogP contribution in [0.25, 0.3) is 0 Å². The molecule has 126 valence electrons. The van der Waals surface area contributed by atoms with Crippen LogP contribution in [-0.2, 0) is 10.2 Å². The van der Waals surface area contributed by atoms with Crippen molar-refractivity contribution in [3.05, 3.63) is 53.1 Å². The fourth-order valence-electron chi connectivity index (χ4n) is 2.80. The van der Waals surface area contributed by atoms with Crippen LogP contribution < -0.4 is 14.8 Å². The molecule has 0 spiro atoms. The molecule has 0 radical (unpaired) electrons. The van der Waals surface area contributed by atoms with Gasteiger partial charge in [0.2, 0.25) is 5.91 Å². The van der Waals surface area contributed by atoms with Crippen LogP contribution in [0, 0.1) is 13.8 Å². The summed E-state index contributed by atoms with van der Waals surface area (Å²) in [7, 11) is 0. The van der Waals surface area contributed by atoms with Gasteiger partial charge in [-0.1, -0.05) is 23.8 Å². The lowest BCUT2D eigenvalue weighted by molar-refractivity contribution is -0.120. The number of ether oxygens (including phenoxy) is 2. The number of anilines is 1. The van der Waals surface area contributed by atoms with Gasteiger partial charge < -0.3 is 14.8 Å². The number of fused-ring (bicyclic) bond motifs is 1. The first kappa shape index (κ1) is 16.4. The monoisotopic (exact) mass is 325 g/mol. The van der Waals surface area contributed by atoms with Gasteiger partial charge in [0.25, 0.3) is 0 Å². The Morgan fingerprint density at radius 3 is 2.42 bits per heavy atom. The van der Waals surface area contributed by atoms with E-state index in [4.69, 9.17) is 9.47 Å². The average molecular weight is 325 g/mol. The maximum Gasteiger partial charge on any atom is 0.234 e. The number of nitrogens with one attached hydrogen (secondary N) is 1. The molecule has 1 aliphatic rings. The molecule has 0 aliphatic carbocycles. The van der Waals surface area contributed by atoms with Gasteiger partial charge in [0.1, 0.15) is 13.2 Å². The van der Waals surface area contributed by atoms with E-state index in [-0.39, 0.29) is 5.91 Å². The first-order valence-corrected chi connectivity index (χ1v) is 8.17. The molecule has 3 rings (SSSR count). The molecule has 1 amide bonds. The summed E-state index contributed by atoms with van der Waals surface area (Å²) in [6, 6.07) is 11.7. The molecule has 0 fully saturated rings. The first-order valence-electron chi connectivity index (χ1n) is 8.17. The number of hydrogen-bond acceptors (Lipinski definition) is 3. The van der Waals surface area contributed by atoms with Gasteiger partial charge in [-0.3, -0.25) is 4.79 Å². The zero-order chi connectivity index (χ0) is 17.3. The van der Waals surface area contributed by atoms with E-state index in [1.165, 1.54) is 5.56 Å². The van der Waals surface area contributed by atoms with Crippen LogP contribution in [0.3, 0.4) is 0 Å². The van der Waals surface area contributed by atoms with Crippen molar-refractivity contribution in [3.8, 4) is 11.5 Å². The maximum absolute atomic E-state index is 12.9. The SMILES string of the molecule is Cc1ccc(NC(=O)C(C)(C)c2ccc3c(c2)OCCO3)c(C)c1. The minimum absolute atomic E-state index is 0.0499. The minimum atomic E-state index is -0.687. The van der Waals surface area contributed by atoms with Crippen LogP contribution in [0.5, 0.6) is 11.5 Å². The summed E-state index contributed by atoms with van der Waals surface area (Å²) in [5.41, 5.74) is 3.29. The Morgan fingerprint density at radius 1 is 1.00 bits per heavy atom. The molecule has 2 aromatic rings. The van der Waals surface area contributed by atoms with E-state index in [2.05, 4.69) is 11.4 Å². The van der Waals surface area contributed by atoms with E-state index >= 15 is 0 Å². The van der Waals surface area contributed by atoms with Gasteiger partial charge in [-0.05, 0) is 57.0 Å². The normalized spacial score (nSPS) is 13.5. The van der Waals surface area contributed by atoms with E-state index < -0.39 is 5.41 Å². The Kier molecular flexibility index (Phi) is 4.22. The third-order valence-corrected chi connectivity index (χ3v) is 4.46. The number of carbonyl (C=O) groups is 1. The molecule has 4 nitrogen and oxygen atoms in total. The van der Waals surface area contributed by atoms with E-state index in [9.17, 15) is 4.79 Å². The Bertz CT molecular complexity index is 780. The average Bonchev–Trinajstić information content (AvgIpc) is 2.56. The third kappa shape index (κ3) is 3.09. The largest absolute Gasteiger partial charge is 0.486 e. The molecule has 0 bridgehead atoms. The molecule has 1 aliphatic heterocycles. The highest BCUT2D eigenvalue weighted by Gasteiger charge is 2.31. The predicted octanol–water partition coefficient (Wildman–Crippen LogP) is 3.99. The molecule has 0 saturated heterocycles. The van der Waals surface area contributed by atoms with Crippen LogP contribution in [0.1, 0.15) is 30.5 Å². The molecule has 1 heterocycles. The number of benzene rings is 2. The number of hydrogen-bond donors (Lipinski definition) is 1. The molecule has 0 saturated carbocycles. The van der Waals surface area contributed by atoms with Gasteiger partial charge in [-0.25, -0.2) is 0 Å². The van der Waals surface area contributed by atoms with Crippen molar-refractivity contribution in [1.82, 2.24) is 0 Å². The van der Waals surface area contributed by atoms with Crippen molar-refractivity contribution in [1.29, 1.82) is 0 Å². The van der Waals surface area contributed by atoms with Crippen LogP contribution in [0.2, 0.25) is 0 Å². The minimum Gasteiger partial charge on any atom is -0.486 e. The molecule has 1 N–H and O–H groups in total. The Labute approximate surface area is 142 Å². The highest BCUT2D eigenvalue weighted by Crippen LogP contribution is 2.35. The van der Waals surface area contributed by atoms with Gasteiger partial charge in [0.05, 0.1) is 5.41 Å². The van der Waals surface area contributed by atoms with Crippen molar-refractivity contribution < 1.29 is 14.3 Å². The summed E-state index contributed by atoms with van der Waals surface area (Å²) < 4.78 is 11.2. The number of carbonyl (C=O) groups excluding carboxylic acids is 1. The number of rotatable bonds is 3. The fraction of sp³-hybridized carbons (Fsp3) is 0.350. The van der Waals surface area contributed by atoms with E-state index in [0.717, 1.165) is 22.6 Å². The number of aryl methyl sites for hydroxylation is 2. The topological polar surface area (TPSA) is 47.6 Å². The standard InChI is InChI=1S/C20H23NO3/c1-13-5-7-16(14(2)11-13)21-19(22)20(3,4)15-6-8-17-18(12-15)24-10-9-23-17/h5-8,11-12H,9-10H2,1-4H3,(H,21,22). The molecule has 0 atom stereocenters. The molecule has 0 aromatic heterocycles. The van der Waals surface area contributed by atoms with Crippen LogP contribution >= 0.6 is 0 Å². The second-order valence-electron chi connectivity index (χ2n) is 6.76. The zero-order valence-corrected chi connectivity index (χ0v) is 14.6. The van der Waals surface area contributed by atoms with Gasteiger partial charge in [-0.2, -0.15) is 0 Å². The van der Waals surface area contributed by atoms with E-state index in [1.807, 2.05) is 58.0 Å². The van der Waals surface area contributed by atoms with Crippen molar-refractivity contribution in [2.75, 3.05) is 18.5 Å². The molecule has 24 heavy (non-hydrogen) atoms. The molecule has 2 aromatic carbocycles. The molecular weight excluding hydrogens is 302 g/mol. The Morgan fingerprint density at radius 2 is 1.71 bits per heavy atom. The summed E-state index contributed by atoms with van der Waals surface area (Å²) in [6.45, 7) is 8.96. The zero-order valence-electron chi connectivity index (χ0n) is 14.6. The third-order valence-electron chi connectivity index (χ3n) is 4.46. The second-order valence-corrected chi connectivity index (χ2v) is 6.76. The fourth-order valence-corrected chi connectivity index (χ4v) is 2.80. The van der Waals surface area contributed by atoms with E-state index in [0.29, 0.717) is 19.0 Å². The maximum atomic E-state index is 12.9. The van der Waals surface area contributed by atoms with Crippen LogP contribution in [0.15, 0.2) is 36.4 Å². The van der Waals surface area contributed by atoms with Crippen molar-refractivity contribution >= 4 is 11.6 Å². The van der Waals surface area contributed by atoms with Gasteiger partial charge in [-0.15, -0.1) is 0 Å². The molecular formula is C20H23NO3. The first-order chi connectivity index (χ1) is 11.4. The quantitative estimate of drug-likeness (QED) is 0.928. The second kappa shape index (κ2) is 6.19. The lowest BCUT2D eigenvalue weighted by atomic mass is 9.83. The lowest BCUT2D eigenvalue weighted by Crippen LogP contribution is -2.35. The van der Waals surface area contributed by atoms with Crippen molar-refractivity contribution in [3.63, 3.8) is 0 Å². The smallest absolute Gasteiger partial charge is 0.234 e. The number of amides is 1. The lowest BCUT2D eigenvalue weighted by Gasteiger charge is -2.27.